The predicted molar refractivity (Wildman–Crippen MR) is 102 cm³/mol. The Labute approximate surface area is 161 Å². The smallest absolute Gasteiger partial charge is 0.295 e. The standard InChI is InChI=1S/C21H19ClFNO3/c1-3-10-24-18(13-4-7-15(22)8-5-13)17(20(26)21(24)27)19(25)14-6-9-16(23)12(2)11-14/h4-9,11,18,25H,3,10H2,1-2H3/b19-17-. The molecule has 1 saturated heterocycles. The van der Waals surface area contributed by atoms with E-state index >= 15 is 0 Å². The summed E-state index contributed by atoms with van der Waals surface area (Å²) < 4.78 is 13.6. The van der Waals surface area contributed by atoms with Crippen LogP contribution >= 0.6 is 11.6 Å². The van der Waals surface area contributed by atoms with Crippen LogP contribution in [-0.4, -0.2) is 28.2 Å². The number of ketones is 1. The van der Waals surface area contributed by atoms with Crippen LogP contribution in [0.2, 0.25) is 5.02 Å². The zero-order chi connectivity index (χ0) is 19.7. The maximum atomic E-state index is 13.6. The molecule has 3 rings (SSSR count). The van der Waals surface area contributed by atoms with Crippen molar-refractivity contribution >= 4 is 29.1 Å². The van der Waals surface area contributed by atoms with Crippen molar-refractivity contribution in [3.8, 4) is 0 Å². The first-order valence-corrected chi connectivity index (χ1v) is 9.03. The molecule has 1 aliphatic rings. The molecule has 1 heterocycles. The number of rotatable bonds is 4. The molecule has 0 bridgehead atoms. The van der Waals surface area contributed by atoms with E-state index in [1.165, 1.54) is 23.1 Å². The highest BCUT2D eigenvalue weighted by Crippen LogP contribution is 2.39. The Morgan fingerprint density at radius 1 is 1.19 bits per heavy atom. The third-order valence-corrected chi connectivity index (χ3v) is 4.87. The third-order valence-electron chi connectivity index (χ3n) is 4.62. The average Bonchev–Trinajstić information content (AvgIpc) is 2.89. The first-order valence-electron chi connectivity index (χ1n) is 8.65. The molecule has 1 unspecified atom stereocenters. The minimum atomic E-state index is -0.747. The number of halogens is 2. The highest BCUT2D eigenvalue weighted by atomic mass is 35.5. The highest BCUT2D eigenvalue weighted by molar-refractivity contribution is 6.46. The van der Waals surface area contributed by atoms with Crippen LogP contribution in [0.25, 0.3) is 5.76 Å². The lowest BCUT2D eigenvalue weighted by Crippen LogP contribution is -2.30. The second kappa shape index (κ2) is 7.53. The van der Waals surface area contributed by atoms with Crippen LogP contribution in [0.3, 0.4) is 0 Å². The molecule has 0 aliphatic carbocycles. The molecule has 1 atom stereocenters. The van der Waals surface area contributed by atoms with E-state index in [1.807, 2.05) is 6.92 Å². The molecule has 4 nitrogen and oxygen atoms in total. The van der Waals surface area contributed by atoms with Gasteiger partial charge in [-0.2, -0.15) is 0 Å². The van der Waals surface area contributed by atoms with Gasteiger partial charge in [0.25, 0.3) is 11.7 Å². The molecule has 140 valence electrons. The van der Waals surface area contributed by atoms with Crippen molar-refractivity contribution in [1.29, 1.82) is 0 Å². The van der Waals surface area contributed by atoms with Gasteiger partial charge in [-0.1, -0.05) is 30.7 Å². The molecule has 1 N–H and O–H groups in total. The molecule has 6 heteroatoms. The Morgan fingerprint density at radius 2 is 1.85 bits per heavy atom. The number of hydrogen-bond donors (Lipinski definition) is 1. The average molecular weight is 388 g/mol. The SMILES string of the molecule is CCCN1C(=O)C(=O)/C(=C(\O)c2ccc(F)c(C)c2)C1c1ccc(Cl)cc1. The van der Waals surface area contributed by atoms with Gasteiger partial charge < -0.3 is 10.0 Å². The Morgan fingerprint density at radius 3 is 2.44 bits per heavy atom. The molecule has 0 radical (unpaired) electrons. The van der Waals surface area contributed by atoms with Crippen molar-refractivity contribution in [2.24, 2.45) is 0 Å². The minimum Gasteiger partial charge on any atom is -0.507 e. The molecule has 2 aromatic carbocycles. The van der Waals surface area contributed by atoms with Gasteiger partial charge in [0.2, 0.25) is 0 Å². The van der Waals surface area contributed by atoms with Crippen LogP contribution in [0, 0.1) is 12.7 Å². The summed E-state index contributed by atoms with van der Waals surface area (Å²) in [5.74, 6) is -2.12. The first kappa shape index (κ1) is 19.1. The van der Waals surface area contributed by atoms with Gasteiger partial charge in [-0.3, -0.25) is 9.59 Å². The van der Waals surface area contributed by atoms with E-state index in [-0.39, 0.29) is 11.3 Å². The summed E-state index contributed by atoms with van der Waals surface area (Å²) in [6.45, 7) is 3.84. The first-order chi connectivity index (χ1) is 12.8. The number of amides is 1. The second-order valence-corrected chi connectivity index (χ2v) is 6.94. The van der Waals surface area contributed by atoms with Gasteiger partial charge in [0.1, 0.15) is 11.6 Å². The normalized spacial score (nSPS) is 19.0. The summed E-state index contributed by atoms with van der Waals surface area (Å²) in [5.41, 5.74) is 1.31. The number of nitrogens with zero attached hydrogens (tertiary/aromatic N) is 1. The minimum absolute atomic E-state index is 0.00165. The van der Waals surface area contributed by atoms with Crippen LogP contribution in [0.5, 0.6) is 0 Å². The fourth-order valence-corrected chi connectivity index (χ4v) is 3.42. The fourth-order valence-electron chi connectivity index (χ4n) is 3.29. The fraction of sp³-hybridized carbons (Fsp3) is 0.238. The molecule has 1 amide bonds. The van der Waals surface area contributed by atoms with E-state index in [1.54, 1.807) is 31.2 Å². The van der Waals surface area contributed by atoms with Crippen LogP contribution in [-0.2, 0) is 9.59 Å². The number of benzene rings is 2. The van der Waals surface area contributed by atoms with Gasteiger partial charge in [-0.05, 0) is 54.8 Å². The number of aryl methyl sites for hydroxylation is 1. The lowest BCUT2D eigenvalue weighted by Gasteiger charge is -2.25. The van der Waals surface area contributed by atoms with Crippen LogP contribution in [0.4, 0.5) is 4.39 Å². The molecular weight excluding hydrogens is 369 g/mol. The Balaban J connectivity index is 2.19. The number of carbonyl (C=O) groups is 2. The number of likely N-dealkylation sites (tertiary alicyclic amines) is 1. The summed E-state index contributed by atoms with van der Waals surface area (Å²) in [7, 11) is 0. The monoisotopic (exact) mass is 387 g/mol. The number of aliphatic hydroxyl groups excluding tert-OH is 1. The van der Waals surface area contributed by atoms with Crippen molar-refractivity contribution < 1.29 is 19.1 Å². The quantitative estimate of drug-likeness (QED) is 0.473. The molecular formula is C21H19ClFNO3. The van der Waals surface area contributed by atoms with E-state index in [9.17, 15) is 19.1 Å². The number of aliphatic hydroxyl groups is 1. The van der Waals surface area contributed by atoms with Crippen molar-refractivity contribution in [3.05, 3.63) is 75.6 Å². The molecule has 1 fully saturated rings. The van der Waals surface area contributed by atoms with E-state index in [2.05, 4.69) is 0 Å². The molecule has 0 aromatic heterocycles. The molecule has 27 heavy (non-hydrogen) atoms. The van der Waals surface area contributed by atoms with Crippen LogP contribution in [0.1, 0.15) is 36.1 Å². The lowest BCUT2D eigenvalue weighted by atomic mass is 9.95. The van der Waals surface area contributed by atoms with Crippen molar-refractivity contribution in [2.45, 2.75) is 26.3 Å². The van der Waals surface area contributed by atoms with E-state index in [0.29, 0.717) is 34.7 Å². The van der Waals surface area contributed by atoms with Gasteiger partial charge in [0, 0.05) is 17.1 Å². The van der Waals surface area contributed by atoms with E-state index < -0.39 is 23.5 Å². The highest BCUT2D eigenvalue weighted by Gasteiger charge is 2.45. The van der Waals surface area contributed by atoms with E-state index in [0.717, 1.165) is 0 Å². The molecule has 1 aliphatic heterocycles. The summed E-state index contributed by atoms with van der Waals surface area (Å²) in [6, 6.07) is 10.2. The molecule has 0 saturated carbocycles. The number of hydrogen-bond acceptors (Lipinski definition) is 3. The summed E-state index contributed by atoms with van der Waals surface area (Å²) in [5, 5.41) is 11.4. The predicted octanol–water partition coefficient (Wildman–Crippen LogP) is 4.62. The van der Waals surface area contributed by atoms with Crippen LogP contribution < -0.4 is 0 Å². The van der Waals surface area contributed by atoms with Crippen LogP contribution in [0.15, 0.2) is 48.0 Å². The summed E-state index contributed by atoms with van der Waals surface area (Å²) in [4.78, 5) is 26.7. The largest absolute Gasteiger partial charge is 0.507 e. The van der Waals surface area contributed by atoms with Crippen molar-refractivity contribution in [1.82, 2.24) is 4.90 Å². The second-order valence-electron chi connectivity index (χ2n) is 6.51. The Hall–Kier alpha value is -2.66. The Kier molecular flexibility index (Phi) is 5.33. The van der Waals surface area contributed by atoms with Crippen molar-refractivity contribution in [3.63, 3.8) is 0 Å². The zero-order valence-electron chi connectivity index (χ0n) is 15.0. The summed E-state index contributed by atoms with van der Waals surface area (Å²) >= 11 is 5.96. The topological polar surface area (TPSA) is 57.6 Å². The van der Waals surface area contributed by atoms with Gasteiger partial charge in [0.15, 0.2) is 0 Å². The van der Waals surface area contributed by atoms with Gasteiger partial charge in [-0.25, -0.2) is 4.39 Å². The Bertz CT molecular complexity index is 937. The van der Waals surface area contributed by atoms with Gasteiger partial charge in [-0.15, -0.1) is 0 Å². The number of carbonyl (C=O) groups excluding carboxylic acids is 2. The lowest BCUT2D eigenvalue weighted by molar-refractivity contribution is -0.139. The maximum Gasteiger partial charge on any atom is 0.295 e. The third kappa shape index (κ3) is 3.47. The zero-order valence-corrected chi connectivity index (χ0v) is 15.8. The van der Waals surface area contributed by atoms with Crippen molar-refractivity contribution in [2.75, 3.05) is 6.54 Å². The van der Waals surface area contributed by atoms with Gasteiger partial charge >= 0.3 is 0 Å². The summed E-state index contributed by atoms with van der Waals surface area (Å²) in [6.07, 6.45) is 0.660. The molecule has 2 aromatic rings. The maximum absolute atomic E-state index is 13.6. The number of Topliss-reactive ketones (excluding diaryl/α,β-unsaturated/α-hetero) is 1. The van der Waals surface area contributed by atoms with Gasteiger partial charge in [0.05, 0.1) is 11.6 Å². The molecule has 0 spiro atoms. The van der Waals surface area contributed by atoms with E-state index in [4.69, 9.17) is 11.6 Å².